The molecule has 0 unspecified atom stereocenters. The number of hydrogen-bond donors (Lipinski definition) is 0. The van der Waals surface area contributed by atoms with Crippen LogP contribution in [0.1, 0.15) is 25.2 Å². The standard InChI is InChI=1S/C21H17FO6/c1-11-19(14-4-6-15(22)7-5-14)20(25)16-8-9-18(28-13(3)24)17(21(16)27-11)10-26-12(2)23/h4-9H,10H2,1-3H3. The van der Waals surface area contributed by atoms with E-state index in [9.17, 15) is 18.8 Å². The Labute approximate surface area is 159 Å². The first-order valence-electron chi connectivity index (χ1n) is 8.45. The highest BCUT2D eigenvalue weighted by Crippen LogP contribution is 2.31. The average Bonchev–Trinajstić information content (AvgIpc) is 2.61. The molecule has 0 bridgehead atoms. The summed E-state index contributed by atoms with van der Waals surface area (Å²) in [6.07, 6.45) is 0. The highest BCUT2D eigenvalue weighted by molar-refractivity contribution is 5.87. The first kappa shape index (κ1) is 19.3. The van der Waals surface area contributed by atoms with Crippen molar-refractivity contribution in [1.82, 2.24) is 0 Å². The van der Waals surface area contributed by atoms with Crippen LogP contribution in [0.5, 0.6) is 5.75 Å². The van der Waals surface area contributed by atoms with Crippen molar-refractivity contribution >= 4 is 22.9 Å². The van der Waals surface area contributed by atoms with Crippen LogP contribution in [0.25, 0.3) is 22.1 Å². The molecule has 28 heavy (non-hydrogen) atoms. The summed E-state index contributed by atoms with van der Waals surface area (Å²) in [5.41, 5.74) is 0.914. The van der Waals surface area contributed by atoms with Crippen molar-refractivity contribution in [3.05, 3.63) is 63.8 Å². The second kappa shape index (κ2) is 7.64. The van der Waals surface area contributed by atoms with E-state index in [1.807, 2.05) is 0 Å². The molecular formula is C21H17FO6. The molecule has 1 aromatic heterocycles. The Bertz CT molecular complexity index is 1130. The predicted molar refractivity (Wildman–Crippen MR) is 99.4 cm³/mol. The predicted octanol–water partition coefficient (Wildman–Crippen LogP) is 3.90. The maximum absolute atomic E-state index is 13.2. The van der Waals surface area contributed by atoms with Gasteiger partial charge in [0, 0.05) is 13.8 Å². The van der Waals surface area contributed by atoms with Gasteiger partial charge in [0.2, 0.25) is 5.43 Å². The summed E-state index contributed by atoms with van der Waals surface area (Å²) in [6.45, 7) is 3.85. The lowest BCUT2D eigenvalue weighted by molar-refractivity contribution is -0.142. The SMILES string of the molecule is CC(=O)OCc1c(OC(C)=O)ccc2c(=O)c(-c3ccc(F)cc3)c(C)oc12. The quantitative estimate of drug-likeness (QED) is 0.501. The van der Waals surface area contributed by atoms with Crippen LogP contribution < -0.4 is 10.2 Å². The van der Waals surface area contributed by atoms with Gasteiger partial charge in [-0.15, -0.1) is 0 Å². The van der Waals surface area contributed by atoms with Gasteiger partial charge in [-0.05, 0) is 36.8 Å². The molecule has 0 amide bonds. The van der Waals surface area contributed by atoms with Gasteiger partial charge in [-0.3, -0.25) is 14.4 Å². The molecule has 0 atom stereocenters. The monoisotopic (exact) mass is 384 g/mol. The highest BCUT2D eigenvalue weighted by Gasteiger charge is 2.20. The number of hydrogen-bond acceptors (Lipinski definition) is 6. The van der Waals surface area contributed by atoms with Gasteiger partial charge < -0.3 is 13.9 Å². The summed E-state index contributed by atoms with van der Waals surface area (Å²) in [7, 11) is 0. The van der Waals surface area contributed by atoms with Crippen LogP contribution in [0.2, 0.25) is 0 Å². The fourth-order valence-corrected chi connectivity index (χ4v) is 2.92. The van der Waals surface area contributed by atoms with Gasteiger partial charge in [-0.1, -0.05) is 12.1 Å². The summed E-state index contributed by atoms with van der Waals surface area (Å²) >= 11 is 0. The molecule has 0 spiro atoms. The van der Waals surface area contributed by atoms with Crippen LogP contribution in [0.15, 0.2) is 45.6 Å². The number of fused-ring (bicyclic) bond motifs is 1. The number of aryl methyl sites for hydroxylation is 1. The zero-order chi connectivity index (χ0) is 20.4. The molecule has 0 aliphatic carbocycles. The Balaban J connectivity index is 2.26. The normalized spacial score (nSPS) is 10.7. The van der Waals surface area contributed by atoms with E-state index in [1.54, 1.807) is 6.92 Å². The molecule has 2 aromatic carbocycles. The molecule has 0 saturated carbocycles. The zero-order valence-corrected chi connectivity index (χ0v) is 15.5. The number of halogens is 1. The van der Waals surface area contributed by atoms with Gasteiger partial charge in [-0.25, -0.2) is 4.39 Å². The lowest BCUT2D eigenvalue weighted by Crippen LogP contribution is -2.11. The van der Waals surface area contributed by atoms with E-state index in [-0.39, 0.29) is 34.3 Å². The Morgan fingerprint density at radius 1 is 1.04 bits per heavy atom. The molecule has 0 aliphatic heterocycles. The van der Waals surface area contributed by atoms with Crippen LogP contribution in [0, 0.1) is 12.7 Å². The van der Waals surface area contributed by atoms with E-state index in [4.69, 9.17) is 13.9 Å². The molecule has 1 heterocycles. The third-order valence-electron chi connectivity index (χ3n) is 4.10. The third-order valence-corrected chi connectivity index (χ3v) is 4.10. The molecule has 6 nitrogen and oxygen atoms in total. The summed E-state index contributed by atoms with van der Waals surface area (Å²) < 4.78 is 29.3. The van der Waals surface area contributed by atoms with Gasteiger partial charge in [0.1, 0.15) is 29.5 Å². The lowest BCUT2D eigenvalue weighted by Gasteiger charge is -2.13. The topological polar surface area (TPSA) is 82.8 Å². The molecular weight excluding hydrogens is 367 g/mol. The molecule has 0 aliphatic rings. The molecule has 0 fully saturated rings. The Morgan fingerprint density at radius 2 is 1.71 bits per heavy atom. The van der Waals surface area contributed by atoms with E-state index < -0.39 is 17.8 Å². The largest absolute Gasteiger partial charge is 0.461 e. The van der Waals surface area contributed by atoms with E-state index in [0.29, 0.717) is 16.9 Å². The number of ether oxygens (including phenoxy) is 2. The van der Waals surface area contributed by atoms with Crippen molar-refractivity contribution in [2.45, 2.75) is 27.4 Å². The smallest absolute Gasteiger partial charge is 0.308 e. The van der Waals surface area contributed by atoms with Crippen LogP contribution in [0.3, 0.4) is 0 Å². The van der Waals surface area contributed by atoms with E-state index in [2.05, 4.69) is 0 Å². The van der Waals surface area contributed by atoms with Gasteiger partial charge >= 0.3 is 11.9 Å². The summed E-state index contributed by atoms with van der Waals surface area (Å²) in [5.74, 6) is -1.08. The van der Waals surface area contributed by atoms with Gasteiger partial charge in [0.25, 0.3) is 0 Å². The van der Waals surface area contributed by atoms with E-state index in [0.717, 1.165) is 0 Å². The first-order valence-corrected chi connectivity index (χ1v) is 8.45. The number of benzene rings is 2. The van der Waals surface area contributed by atoms with Crippen molar-refractivity contribution in [2.75, 3.05) is 0 Å². The molecule has 0 N–H and O–H groups in total. The second-order valence-electron chi connectivity index (χ2n) is 6.16. The van der Waals surface area contributed by atoms with Crippen molar-refractivity contribution in [3.8, 4) is 16.9 Å². The molecule has 3 rings (SSSR count). The molecule has 3 aromatic rings. The maximum atomic E-state index is 13.2. The Hall–Kier alpha value is -3.48. The molecule has 0 saturated heterocycles. The zero-order valence-electron chi connectivity index (χ0n) is 15.5. The Morgan fingerprint density at radius 3 is 2.32 bits per heavy atom. The van der Waals surface area contributed by atoms with E-state index in [1.165, 1.54) is 50.2 Å². The second-order valence-corrected chi connectivity index (χ2v) is 6.16. The average molecular weight is 384 g/mol. The van der Waals surface area contributed by atoms with Gasteiger partial charge in [-0.2, -0.15) is 0 Å². The fourth-order valence-electron chi connectivity index (χ4n) is 2.92. The van der Waals surface area contributed by atoms with Crippen molar-refractivity contribution in [3.63, 3.8) is 0 Å². The van der Waals surface area contributed by atoms with Crippen LogP contribution in [0.4, 0.5) is 4.39 Å². The first-order chi connectivity index (χ1) is 13.3. The highest BCUT2D eigenvalue weighted by atomic mass is 19.1. The minimum atomic E-state index is -0.564. The van der Waals surface area contributed by atoms with E-state index >= 15 is 0 Å². The minimum absolute atomic E-state index is 0.137. The van der Waals surface area contributed by atoms with Crippen molar-refractivity contribution in [1.29, 1.82) is 0 Å². The number of rotatable bonds is 4. The molecule has 0 radical (unpaired) electrons. The lowest BCUT2D eigenvalue weighted by atomic mass is 10.0. The van der Waals surface area contributed by atoms with Crippen LogP contribution in [-0.2, 0) is 20.9 Å². The third kappa shape index (κ3) is 3.78. The van der Waals surface area contributed by atoms with Crippen LogP contribution >= 0.6 is 0 Å². The van der Waals surface area contributed by atoms with Gasteiger partial charge in [0.05, 0.1) is 16.5 Å². The molecule has 144 valence electrons. The van der Waals surface area contributed by atoms with Crippen molar-refractivity contribution < 1.29 is 27.9 Å². The maximum Gasteiger partial charge on any atom is 0.308 e. The van der Waals surface area contributed by atoms with Gasteiger partial charge in [0.15, 0.2) is 0 Å². The summed E-state index contributed by atoms with van der Waals surface area (Å²) in [4.78, 5) is 35.7. The summed E-state index contributed by atoms with van der Waals surface area (Å²) in [5, 5.41) is 0.225. The fraction of sp³-hybridized carbons (Fsp3) is 0.190. The summed E-state index contributed by atoms with van der Waals surface area (Å²) in [6, 6.07) is 8.43. The Kier molecular flexibility index (Phi) is 5.26. The van der Waals surface area contributed by atoms with Crippen LogP contribution in [-0.4, -0.2) is 11.9 Å². The molecule has 7 heteroatoms. The number of esters is 2. The number of carbonyl (C=O) groups excluding carboxylic acids is 2. The minimum Gasteiger partial charge on any atom is -0.461 e. The number of carbonyl (C=O) groups is 2. The van der Waals surface area contributed by atoms with Crippen molar-refractivity contribution in [2.24, 2.45) is 0 Å².